The van der Waals surface area contributed by atoms with E-state index in [1.54, 1.807) is 23.8 Å². The zero-order chi connectivity index (χ0) is 8.72. The average Bonchev–Trinajstić information content (AvgIpc) is 2.07. The van der Waals surface area contributed by atoms with Crippen LogP contribution in [0.2, 0.25) is 0 Å². The van der Waals surface area contributed by atoms with Crippen LogP contribution in [-0.4, -0.2) is 35.1 Å². The molecule has 1 saturated heterocycles. The van der Waals surface area contributed by atoms with Gasteiger partial charge in [0.2, 0.25) is 0 Å². The second kappa shape index (κ2) is 2.78. The van der Waals surface area contributed by atoms with Gasteiger partial charge in [-0.05, 0) is 12.5 Å². The van der Waals surface area contributed by atoms with Gasteiger partial charge in [-0.2, -0.15) is 0 Å². The molecule has 1 fully saturated rings. The Morgan fingerprint density at radius 2 is 2.50 bits per heavy atom. The lowest BCUT2D eigenvalue weighted by Gasteiger charge is -2.46. The number of amides is 1. The number of hydrogen-bond donors (Lipinski definition) is 0. The molecular weight excluding hydrogens is 174 g/mol. The van der Waals surface area contributed by atoms with Gasteiger partial charge in [0.15, 0.2) is 6.10 Å². The fraction of sp³-hybridized carbons (Fsp3) is 0.625. The van der Waals surface area contributed by atoms with Gasteiger partial charge < -0.3 is 9.64 Å². The minimum atomic E-state index is -0.209. The highest BCUT2D eigenvalue weighted by Gasteiger charge is 2.48. The Bertz CT molecular complexity index is 251. The molecule has 0 aromatic heterocycles. The largest absolute Gasteiger partial charge is 0.368 e. The molecule has 0 aliphatic carbocycles. The predicted octanol–water partition coefficient (Wildman–Crippen LogP) is 0.820. The molecule has 4 heteroatoms. The highest BCUT2D eigenvalue weighted by molar-refractivity contribution is 8.00. The van der Waals surface area contributed by atoms with E-state index >= 15 is 0 Å². The lowest BCUT2D eigenvalue weighted by molar-refractivity contribution is -0.156. The van der Waals surface area contributed by atoms with Crippen molar-refractivity contribution < 1.29 is 9.53 Å². The van der Waals surface area contributed by atoms with E-state index in [4.69, 9.17) is 4.74 Å². The Morgan fingerprint density at radius 3 is 3.17 bits per heavy atom. The van der Waals surface area contributed by atoms with Gasteiger partial charge in [-0.15, -0.1) is 11.8 Å². The molecule has 0 N–H and O–H groups in total. The molecular formula is C8H11NO2S. The van der Waals surface area contributed by atoms with Crippen molar-refractivity contribution in [1.82, 2.24) is 4.90 Å². The summed E-state index contributed by atoms with van der Waals surface area (Å²) in [5.74, 6) is 1.10. The molecule has 1 amide bonds. The molecule has 2 rings (SSSR count). The van der Waals surface area contributed by atoms with E-state index in [1.807, 2.05) is 13.1 Å². The van der Waals surface area contributed by atoms with E-state index in [1.165, 1.54) is 5.57 Å². The summed E-state index contributed by atoms with van der Waals surface area (Å²) >= 11 is 1.77. The van der Waals surface area contributed by atoms with Crippen molar-refractivity contribution in [1.29, 1.82) is 0 Å². The van der Waals surface area contributed by atoms with Gasteiger partial charge >= 0.3 is 0 Å². The molecule has 0 bridgehead atoms. The number of carbonyl (C=O) groups excluding carboxylic acids is 1. The molecule has 2 heterocycles. The maximum Gasteiger partial charge on any atom is 0.259 e. The lowest BCUT2D eigenvalue weighted by Crippen LogP contribution is -2.62. The van der Waals surface area contributed by atoms with Crippen LogP contribution in [0, 0.1) is 0 Å². The Morgan fingerprint density at radius 1 is 1.75 bits per heavy atom. The topological polar surface area (TPSA) is 29.5 Å². The van der Waals surface area contributed by atoms with Crippen molar-refractivity contribution in [2.45, 2.75) is 18.4 Å². The summed E-state index contributed by atoms with van der Waals surface area (Å²) < 4.78 is 5.06. The second-order valence-electron chi connectivity index (χ2n) is 3.08. The molecule has 12 heavy (non-hydrogen) atoms. The molecule has 0 aromatic carbocycles. The minimum Gasteiger partial charge on any atom is -0.368 e. The van der Waals surface area contributed by atoms with E-state index in [9.17, 15) is 4.79 Å². The highest BCUT2D eigenvalue weighted by Crippen LogP contribution is 2.36. The van der Waals surface area contributed by atoms with Gasteiger partial charge in [0.25, 0.3) is 5.91 Å². The number of ether oxygens (including phenoxy) is 1. The Hall–Kier alpha value is -0.480. The van der Waals surface area contributed by atoms with Crippen LogP contribution in [0.5, 0.6) is 0 Å². The quantitative estimate of drug-likeness (QED) is 0.566. The van der Waals surface area contributed by atoms with Crippen LogP contribution in [0.15, 0.2) is 11.8 Å². The molecule has 0 saturated carbocycles. The Labute approximate surface area is 75.8 Å². The maximum atomic E-state index is 11.3. The molecule has 0 aromatic rings. The number of carbonyl (C=O) groups is 1. The van der Waals surface area contributed by atoms with Crippen molar-refractivity contribution in [3.8, 4) is 0 Å². The number of thioether (sulfide) groups is 1. The van der Waals surface area contributed by atoms with Crippen LogP contribution < -0.4 is 0 Å². The third-order valence-electron chi connectivity index (χ3n) is 2.13. The van der Waals surface area contributed by atoms with E-state index in [2.05, 4.69) is 0 Å². The molecule has 3 nitrogen and oxygen atoms in total. The van der Waals surface area contributed by atoms with E-state index < -0.39 is 0 Å². The molecule has 2 atom stereocenters. The molecule has 1 unspecified atom stereocenters. The van der Waals surface area contributed by atoms with Crippen molar-refractivity contribution in [2.75, 3.05) is 12.9 Å². The number of rotatable bonds is 1. The standard InChI is InChI=1S/C8H11NO2S/c1-5-3-9-7(10)6(11-2)8(9)12-4-5/h3,6,8H,4H2,1-2H3/t6?,8-/m1/s1. The number of nitrogens with zero attached hydrogens (tertiary/aromatic N) is 1. The van der Waals surface area contributed by atoms with Gasteiger partial charge in [0.1, 0.15) is 5.37 Å². The van der Waals surface area contributed by atoms with Crippen LogP contribution in [0.1, 0.15) is 6.92 Å². The minimum absolute atomic E-state index is 0.0917. The zero-order valence-electron chi connectivity index (χ0n) is 7.11. The highest BCUT2D eigenvalue weighted by atomic mass is 32.2. The summed E-state index contributed by atoms with van der Waals surface area (Å²) in [6.07, 6.45) is 1.72. The molecule has 0 radical (unpaired) electrons. The molecule has 2 aliphatic heterocycles. The predicted molar refractivity (Wildman–Crippen MR) is 47.6 cm³/mol. The van der Waals surface area contributed by atoms with Crippen molar-refractivity contribution in [2.24, 2.45) is 0 Å². The average molecular weight is 185 g/mol. The first-order valence-corrected chi connectivity index (χ1v) is 4.93. The van der Waals surface area contributed by atoms with Crippen LogP contribution in [0.3, 0.4) is 0 Å². The van der Waals surface area contributed by atoms with Crippen molar-refractivity contribution in [3.63, 3.8) is 0 Å². The smallest absolute Gasteiger partial charge is 0.259 e. The second-order valence-corrected chi connectivity index (χ2v) is 4.18. The lowest BCUT2D eigenvalue weighted by atomic mass is 10.1. The fourth-order valence-corrected chi connectivity index (χ4v) is 2.71. The summed E-state index contributed by atoms with van der Waals surface area (Å²) in [5.41, 5.74) is 1.25. The van der Waals surface area contributed by atoms with Gasteiger partial charge in [-0.3, -0.25) is 4.79 Å². The zero-order valence-corrected chi connectivity index (χ0v) is 7.93. The van der Waals surface area contributed by atoms with Gasteiger partial charge in [0.05, 0.1) is 0 Å². The monoisotopic (exact) mass is 185 g/mol. The van der Waals surface area contributed by atoms with E-state index in [-0.39, 0.29) is 17.4 Å². The van der Waals surface area contributed by atoms with Gasteiger partial charge in [-0.25, -0.2) is 0 Å². The number of hydrogen-bond acceptors (Lipinski definition) is 3. The van der Waals surface area contributed by atoms with Crippen LogP contribution in [0.25, 0.3) is 0 Å². The van der Waals surface area contributed by atoms with E-state index in [0.717, 1.165) is 5.75 Å². The van der Waals surface area contributed by atoms with E-state index in [0.29, 0.717) is 0 Å². The molecule has 66 valence electrons. The maximum absolute atomic E-state index is 11.3. The fourth-order valence-electron chi connectivity index (χ4n) is 1.47. The first kappa shape index (κ1) is 8.13. The van der Waals surface area contributed by atoms with Crippen LogP contribution in [-0.2, 0) is 9.53 Å². The number of methoxy groups -OCH3 is 1. The summed E-state index contributed by atoms with van der Waals surface area (Å²) in [6, 6.07) is 0. The summed E-state index contributed by atoms with van der Waals surface area (Å²) in [7, 11) is 1.59. The van der Waals surface area contributed by atoms with Crippen molar-refractivity contribution in [3.05, 3.63) is 11.8 Å². The third kappa shape index (κ3) is 0.983. The number of fused-ring (bicyclic) bond motifs is 1. The molecule has 2 aliphatic rings. The van der Waals surface area contributed by atoms with Crippen molar-refractivity contribution >= 4 is 17.7 Å². The number of β-lactam (4-membered cyclic amide) rings is 1. The molecule has 0 spiro atoms. The normalized spacial score (nSPS) is 34.0. The summed E-state index contributed by atoms with van der Waals surface area (Å²) in [6.45, 7) is 2.04. The first-order chi connectivity index (χ1) is 5.74. The summed E-state index contributed by atoms with van der Waals surface area (Å²) in [5, 5.41) is 0.228. The van der Waals surface area contributed by atoms with Gasteiger partial charge in [0, 0.05) is 19.1 Å². The Kier molecular flexibility index (Phi) is 1.88. The van der Waals surface area contributed by atoms with Crippen LogP contribution >= 0.6 is 11.8 Å². The van der Waals surface area contributed by atoms with Gasteiger partial charge in [-0.1, -0.05) is 0 Å². The SMILES string of the molecule is COC1C(=O)N2C=C(C)CS[C@H]12. The summed E-state index contributed by atoms with van der Waals surface area (Å²) in [4.78, 5) is 13.1. The third-order valence-corrected chi connectivity index (χ3v) is 3.56. The first-order valence-electron chi connectivity index (χ1n) is 3.88. The van der Waals surface area contributed by atoms with Crippen LogP contribution in [0.4, 0.5) is 0 Å². The Balaban J connectivity index is 2.14.